The number of unbranched alkanes of at least 4 members (excludes halogenated alkanes) is 1. The van der Waals surface area contributed by atoms with Crippen molar-refractivity contribution in [1.29, 1.82) is 0 Å². The SMILES string of the molecule is C=C(C)CCCC(=C)C.C=C/C=C\C(=C/C)CNC(=C)C(C)CC.CC(C)=CC1=C(C)C(C)c2ccc(C)cc2CC1.CCCC. The number of nitrogens with one attached hydrogen (secondary N) is 1. The molecular weight excluding hydrogens is 555 g/mol. The zero-order valence-electron chi connectivity index (χ0n) is 32.5. The van der Waals surface area contributed by atoms with Crippen LogP contribution in [0.1, 0.15) is 144 Å². The standard InChI is InChI=1S/C18H24.C14H23N.C9H16.C4H10/c1-12(2)10-16-7-8-17-11-13(3)6-9-18(17)15(5)14(16)4;1-6-9-10-14(8-3)11-15-13(5)12(4)7-2;1-8(2)6-5-7-9(3)4;1-3-4-2/h6,9-11,15H,7-8H2,1-5H3;6,8-10,12,15H,1,5,7,11H2,2-4H3;1,3,5-7H2,2,4H3;3-4H2,1-2H3/b;10-9-,14-8+;;. The van der Waals surface area contributed by atoms with Crippen LogP contribution in [0, 0.1) is 12.8 Å². The van der Waals surface area contributed by atoms with Gasteiger partial charge in [0.2, 0.25) is 0 Å². The first kappa shape index (κ1) is 45.1. The van der Waals surface area contributed by atoms with Crippen LogP contribution in [0.2, 0.25) is 0 Å². The third-order valence-corrected chi connectivity index (χ3v) is 8.30. The Morgan fingerprint density at radius 1 is 0.957 bits per heavy atom. The first-order chi connectivity index (χ1) is 21.7. The molecule has 1 heteroatoms. The van der Waals surface area contributed by atoms with Gasteiger partial charge >= 0.3 is 0 Å². The number of benzene rings is 1. The molecule has 2 rings (SSSR count). The minimum absolute atomic E-state index is 0.534. The van der Waals surface area contributed by atoms with Crippen molar-refractivity contribution in [2.24, 2.45) is 5.92 Å². The summed E-state index contributed by atoms with van der Waals surface area (Å²) in [5.74, 6) is 1.08. The summed E-state index contributed by atoms with van der Waals surface area (Å²) >= 11 is 0. The number of hydrogen-bond donors (Lipinski definition) is 1. The van der Waals surface area contributed by atoms with Gasteiger partial charge in [0.1, 0.15) is 0 Å². The van der Waals surface area contributed by atoms with Crippen molar-refractivity contribution in [3.05, 3.63) is 131 Å². The molecule has 46 heavy (non-hydrogen) atoms. The molecule has 1 aliphatic rings. The van der Waals surface area contributed by atoms with Crippen molar-refractivity contribution < 1.29 is 0 Å². The highest BCUT2D eigenvalue weighted by Gasteiger charge is 2.18. The van der Waals surface area contributed by atoms with Gasteiger partial charge in [-0.2, -0.15) is 0 Å². The molecule has 258 valence electrons. The van der Waals surface area contributed by atoms with Crippen LogP contribution in [0.4, 0.5) is 0 Å². The Balaban J connectivity index is 0. The summed E-state index contributed by atoms with van der Waals surface area (Å²) in [4.78, 5) is 0. The number of rotatable bonds is 13. The van der Waals surface area contributed by atoms with Crippen LogP contribution in [0.3, 0.4) is 0 Å². The van der Waals surface area contributed by atoms with Crippen LogP contribution in [-0.4, -0.2) is 6.54 Å². The lowest BCUT2D eigenvalue weighted by molar-refractivity contribution is 0.603. The molecule has 0 heterocycles. The molecule has 0 aliphatic heterocycles. The Kier molecular flexibility index (Phi) is 26.5. The summed E-state index contributed by atoms with van der Waals surface area (Å²) in [6, 6.07) is 6.93. The third-order valence-electron chi connectivity index (χ3n) is 8.30. The molecule has 0 aromatic heterocycles. The van der Waals surface area contributed by atoms with Gasteiger partial charge in [-0.1, -0.05) is 137 Å². The molecule has 2 atom stereocenters. The zero-order chi connectivity index (χ0) is 35.7. The summed E-state index contributed by atoms with van der Waals surface area (Å²) < 4.78 is 0. The van der Waals surface area contributed by atoms with Crippen molar-refractivity contribution in [2.45, 2.75) is 140 Å². The molecule has 0 spiro atoms. The van der Waals surface area contributed by atoms with E-state index in [1.165, 1.54) is 71.1 Å². The van der Waals surface area contributed by atoms with Crippen LogP contribution < -0.4 is 5.32 Å². The fourth-order valence-corrected chi connectivity index (χ4v) is 4.66. The lowest BCUT2D eigenvalue weighted by Gasteiger charge is -2.16. The Labute approximate surface area is 288 Å². The normalized spacial score (nSPS) is 14.5. The second-order valence-electron chi connectivity index (χ2n) is 13.3. The van der Waals surface area contributed by atoms with Crippen molar-refractivity contribution in [2.75, 3.05) is 6.54 Å². The van der Waals surface area contributed by atoms with Gasteiger partial charge in [-0.25, -0.2) is 0 Å². The minimum Gasteiger partial charge on any atom is -0.385 e. The molecule has 1 aromatic rings. The van der Waals surface area contributed by atoms with E-state index < -0.39 is 0 Å². The summed E-state index contributed by atoms with van der Waals surface area (Å²) in [6.07, 6.45) is 19.9. The first-order valence-electron chi connectivity index (χ1n) is 17.8. The lowest BCUT2D eigenvalue weighted by Crippen LogP contribution is -2.19. The highest BCUT2D eigenvalue weighted by atomic mass is 14.9. The third kappa shape index (κ3) is 21.6. The molecule has 0 amide bonds. The van der Waals surface area contributed by atoms with Crippen LogP contribution in [-0.2, 0) is 6.42 Å². The predicted octanol–water partition coefficient (Wildman–Crippen LogP) is 14.3. The summed E-state index contributed by atoms with van der Waals surface area (Å²) in [5.41, 5.74) is 13.8. The predicted molar refractivity (Wildman–Crippen MR) is 214 cm³/mol. The second kappa shape index (κ2) is 27.1. The quantitative estimate of drug-likeness (QED) is 0.169. The van der Waals surface area contributed by atoms with Crippen LogP contribution >= 0.6 is 0 Å². The highest BCUT2D eigenvalue weighted by molar-refractivity contribution is 5.44. The molecule has 0 saturated carbocycles. The fraction of sp³-hybridized carbons (Fsp3) is 0.511. The average molecular weight is 628 g/mol. The van der Waals surface area contributed by atoms with E-state index in [2.05, 4.69) is 144 Å². The Morgan fingerprint density at radius 3 is 2.00 bits per heavy atom. The molecule has 0 saturated heterocycles. The van der Waals surface area contributed by atoms with E-state index >= 15 is 0 Å². The van der Waals surface area contributed by atoms with Crippen molar-refractivity contribution >= 4 is 0 Å². The summed E-state index contributed by atoms with van der Waals surface area (Å²) in [5, 5.41) is 3.34. The van der Waals surface area contributed by atoms with Crippen molar-refractivity contribution in [3.8, 4) is 0 Å². The van der Waals surface area contributed by atoms with Gasteiger partial charge < -0.3 is 5.32 Å². The maximum Gasteiger partial charge on any atom is 0.0394 e. The molecule has 0 bridgehead atoms. The van der Waals surface area contributed by atoms with Gasteiger partial charge in [-0.15, -0.1) is 13.2 Å². The summed E-state index contributed by atoms with van der Waals surface area (Å²) in [6.45, 7) is 42.3. The van der Waals surface area contributed by atoms with Gasteiger partial charge in [0.05, 0.1) is 0 Å². The van der Waals surface area contributed by atoms with Crippen molar-refractivity contribution in [1.82, 2.24) is 5.32 Å². The molecule has 0 fully saturated rings. The minimum atomic E-state index is 0.534. The molecule has 1 N–H and O–H groups in total. The first-order valence-corrected chi connectivity index (χ1v) is 17.8. The maximum absolute atomic E-state index is 4.03. The van der Waals surface area contributed by atoms with Crippen LogP contribution in [0.25, 0.3) is 0 Å². The van der Waals surface area contributed by atoms with E-state index in [-0.39, 0.29) is 0 Å². The molecule has 1 aromatic carbocycles. The van der Waals surface area contributed by atoms with Gasteiger partial charge in [-0.3, -0.25) is 0 Å². The van der Waals surface area contributed by atoms with E-state index in [1.54, 1.807) is 17.2 Å². The van der Waals surface area contributed by atoms with Gasteiger partial charge in [0.25, 0.3) is 0 Å². The van der Waals surface area contributed by atoms with Gasteiger partial charge in [-0.05, 0) is 115 Å². The molecule has 0 radical (unpaired) electrons. The van der Waals surface area contributed by atoms with Crippen molar-refractivity contribution in [3.63, 3.8) is 0 Å². The fourth-order valence-electron chi connectivity index (χ4n) is 4.66. The van der Waals surface area contributed by atoms with E-state index in [1.807, 2.05) is 13.0 Å². The molecule has 1 aliphatic carbocycles. The second-order valence-corrected chi connectivity index (χ2v) is 13.3. The van der Waals surface area contributed by atoms with Gasteiger partial charge in [0, 0.05) is 18.2 Å². The monoisotopic (exact) mass is 628 g/mol. The van der Waals surface area contributed by atoms with E-state index in [4.69, 9.17) is 0 Å². The zero-order valence-corrected chi connectivity index (χ0v) is 32.5. The topological polar surface area (TPSA) is 12.0 Å². The number of aryl methyl sites for hydroxylation is 2. The van der Waals surface area contributed by atoms with Crippen LogP contribution in [0.15, 0.2) is 114 Å². The Bertz CT molecular complexity index is 1160. The Hall–Kier alpha value is -3.06. The van der Waals surface area contributed by atoms with Gasteiger partial charge in [0.15, 0.2) is 0 Å². The largest absolute Gasteiger partial charge is 0.385 e. The summed E-state index contributed by atoms with van der Waals surface area (Å²) in [7, 11) is 0. The number of hydrogen-bond acceptors (Lipinski definition) is 1. The average Bonchev–Trinajstić information content (AvgIpc) is 3.12. The van der Waals surface area contributed by atoms with E-state index in [0.717, 1.165) is 31.5 Å². The van der Waals surface area contributed by atoms with E-state index in [0.29, 0.717) is 11.8 Å². The van der Waals surface area contributed by atoms with Crippen LogP contribution in [0.5, 0.6) is 0 Å². The molecule has 2 unspecified atom stereocenters. The number of fused-ring (bicyclic) bond motifs is 1. The smallest absolute Gasteiger partial charge is 0.0394 e. The molecule has 1 nitrogen and oxygen atoms in total. The highest BCUT2D eigenvalue weighted by Crippen LogP contribution is 2.35. The number of allylic oxidation sites excluding steroid dienone is 10. The molecular formula is C45H73N. The van der Waals surface area contributed by atoms with E-state index in [9.17, 15) is 0 Å². The maximum atomic E-state index is 4.03. The lowest BCUT2D eigenvalue weighted by atomic mass is 9.89. The Morgan fingerprint density at radius 2 is 1.54 bits per heavy atom.